The quantitative estimate of drug-likeness (QED) is 0.644. The summed E-state index contributed by atoms with van der Waals surface area (Å²) in [7, 11) is 2.98. The fourth-order valence-corrected chi connectivity index (χ4v) is 2.82. The number of nitrogens with zero attached hydrogens (tertiary/aromatic N) is 1. The molecule has 3 rings (SSSR count). The van der Waals surface area contributed by atoms with Crippen LogP contribution in [0.2, 0.25) is 0 Å². The lowest BCUT2D eigenvalue weighted by atomic mass is 10.2. The van der Waals surface area contributed by atoms with E-state index in [4.69, 9.17) is 14.2 Å². The second-order valence-corrected chi connectivity index (χ2v) is 6.54. The Hall–Kier alpha value is -4.08. The molecule has 1 fully saturated rings. The number of carbonyl (C=O) groups excluding carboxylic acids is 4. The summed E-state index contributed by atoms with van der Waals surface area (Å²) in [5, 5.41) is 3.73. The van der Waals surface area contributed by atoms with Crippen LogP contribution in [0.4, 0.5) is 11.4 Å². The van der Waals surface area contributed by atoms with Crippen LogP contribution in [-0.2, 0) is 19.1 Å². The van der Waals surface area contributed by atoms with Gasteiger partial charge in [-0.05, 0) is 24.3 Å². The third-order valence-electron chi connectivity index (χ3n) is 4.38. The number of ether oxygens (including phenoxy) is 3. The molecule has 10 heteroatoms. The van der Waals surface area contributed by atoms with Crippen molar-refractivity contribution < 1.29 is 33.4 Å². The number of esters is 1. The van der Waals surface area contributed by atoms with Crippen LogP contribution in [0, 0.1) is 0 Å². The Labute approximate surface area is 178 Å². The third kappa shape index (κ3) is 5.50. The highest BCUT2D eigenvalue weighted by Crippen LogP contribution is 2.25. The van der Waals surface area contributed by atoms with Gasteiger partial charge >= 0.3 is 5.97 Å². The van der Waals surface area contributed by atoms with Crippen molar-refractivity contribution in [2.45, 2.75) is 12.8 Å². The van der Waals surface area contributed by atoms with Crippen molar-refractivity contribution in [3.05, 3.63) is 48.0 Å². The highest BCUT2D eigenvalue weighted by Gasteiger charge is 2.24. The molecule has 0 bridgehead atoms. The largest absolute Gasteiger partial charge is 0.497 e. The highest BCUT2D eigenvalue weighted by molar-refractivity contribution is 6.01. The molecule has 1 heterocycles. The minimum atomic E-state index is -0.709. The molecule has 0 atom stereocenters. The van der Waals surface area contributed by atoms with E-state index in [9.17, 15) is 19.2 Å². The maximum Gasteiger partial charge on any atom is 0.338 e. The number of nitrogens with one attached hydrogen (secondary N) is 2. The van der Waals surface area contributed by atoms with Crippen LogP contribution in [0.25, 0.3) is 0 Å². The standard InChI is InChI=1S/C21H21N3O7/c1-29-16-9-14(10-17(11-16)30-2)22-19(26)12-31-21(28)13-3-5-15(6-4-13)24-20(27)8-7-18(25)23-24/h3-6,9-11H,7-8,12H2,1-2H3,(H,22,26)(H,23,25). The monoisotopic (exact) mass is 427 g/mol. The third-order valence-corrected chi connectivity index (χ3v) is 4.38. The Kier molecular flexibility index (Phi) is 6.71. The highest BCUT2D eigenvalue weighted by atomic mass is 16.5. The number of amides is 3. The first-order valence-electron chi connectivity index (χ1n) is 9.32. The molecule has 1 aliphatic heterocycles. The summed E-state index contributed by atoms with van der Waals surface area (Å²) >= 11 is 0. The molecule has 1 aliphatic rings. The SMILES string of the molecule is COc1cc(NC(=O)COC(=O)c2ccc(N3NC(=O)CCC3=O)cc2)cc(OC)c1. The fraction of sp³-hybridized carbons (Fsp3) is 0.238. The lowest BCUT2D eigenvalue weighted by Gasteiger charge is -2.27. The van der Waals surface area contributed by atoms with Crippen LogP contribution in [-0.4, -0.2) is 44.5 Å². The molecule has 1 saturated heterocycles. The Bertz CT molecular complexity index is 982. The summed E-state index contributed by atoms with van der Waals surface area (Å²) in [6.45, 7) is -0.499. The lowest BCUT2D eigenvalue weighted by Crippen LogP contribution is -2.50. The Morgan fingerprint density at radius 3 is 2.26 bits per heavy atom. The molecule has 0 aliphatic carbocycles. The van der Waals surface area contributed by atoms with Crippen LogP contribution >= 0.6 is 0 Å². The fourth-order valence-electron chi connectivity index (χ4n) is 2.82. The first-order chi connectivity index (χ1) is 14.9. The number of carbonyl (C=O) groups is 4. The van der Waals surface area contributed by atoms with E-state index in [0.717, 1.165) is 5.01 Å². The predicted molar refractivity (Wildman–Crippen MR) is 110 cm³/mol. The predicted octanol–water partition coefficient (Wildman–Crippen LogP) is 1.66. The minimum Gasteiger partial charge on any atom is -0.497 e. The molecule has 0 aromatic heterocycles. The molecule has 162 valence electrons. The van der Waals surface area contributed by atoms with E-state index < -0.39 is 18.5 Å². The maximum atomic E-state index is 12.2. The normalized spacial score (nSPS) is 13.3. The van der Waals surface area contributed by atoms with Gasteiger partial charge < -0.3 is 19.5 Å². The van der Waals surface area contributed by atoms with Crippen molar-refractivity contribution >= 4 is 35.1 Å². The van der Waals surface area contributed by atoms with Gasteiger partial charge in [-0.15, -0.1) is 0 Å². The molecule has 0 unspecified atom stereocenters. The summed E-state index contributed by atoms with van der Waals surface area (Å²) in [5.41, 5.74) is 3.50. The zero-order chi connectivity index (χ0) is 22.4. The van der Waals surface area contributed by atoms with Gasteiger partial charge in [-0.2, -0.15) is 0 Å². The number of hydrogen-bond donors (Lipinski definition) is 2. The van der Waals surface area contributed by atoms with Crippen molar-refractivity contribution in [1.82, 2.24) is 5.43 Å². The zero-order valence-electron chi connectivity index (χ0n) is 17.0. The molecule has 0 saturated carbocycles. The van der Waals surface area contributed by atoms with E-state index in [0.29, 0.717) is 22.9 Å². The molecule has 31 heavy (non-hydrogen) atoms. The van der Waals surface area contributed by atoms with Gasteiger partial charge in [0.05, 0.1) is 25.5 Å². The maximum absolute atomic E-state index is 12.2. The van der Waals surface area contributed by atoms with Crippen LogP contribution in [0.15, 0.2) is 42.5 Å². The van der Waals surface area contributed by atoms with Gasteiger partial charge in [0.1, 0.15) is 11.5 Å². The van der Waals surface area contributed by atoms with Crippen LogP contribution in [0.3, 0.4) is 0 Å². The molecule has 0 spiro atoms. The van der Waals surface area contributed by atoms with Gasteiger partial charge in [0.15, 0.2) is 6.61 Å². The second-order valence-electron chi connectivity index (χ2n) is 6.54. The molecule has 0 radical (unpaired) electrons. The molecular formula is C21H21N3O7. The number of hydrogen-bond acceptors (Lipinski definition) is 7. The second kappa shape index (κ2) is 9.61. The summed E-state index contributed by atoms with van der Waals surface area (Å²) in [5.74, 6) is -0.769. The first kappa shape index (κ1) is 21.6. The van der Waals surface area contributed by atoms with Crippen molar-refractivity contribution in [1.29, 1.82) is 0 Å². The lowest BCUT2D eigenvalue weighted by molar-refractivity contribution is -0.130. The van der Waals surface area contributed by atoms with E-state index in [-0.39, 0.29) is 30.2 Å². The van der Waals surface area contributed by atoms with Crippen molar-refractivity contribution in [2.24, 2.45) is 0 Å². The molecular weight excluding hydrogens is 406 g/mol. The number of benzene rings is 2. The van der Waals surface area contributed by atoms with Crippen LogP contribution in [0.5, 0.6) is 11.5 Å². The average molecular weight is 427 g/mol. The van der Waals surface area contributed by atoms with E-state index in [2.05, 4.69) is 10.7 Å². The molecule has 3 amide bonds. The van der Waals surface area contributed by atoms with Gasteiger partial charge in [-0.1, -0.05) is 0 Å². The van der Waals surface area contributed by atoms with Crippen LogP contribution in [0.1, 0.15) is 23.2 Å². The molecule has 10 nitrogen and oxygen atoms in total. The van der Waals surface area contributed by atoms with Crippen molar-refractivity contribution in [3.63, 3.8) is 0 Å². The summed E-state index contributed by atoms with van der Waals surface area (Å²) in [6.07, 6.45) is 0.258. The number of rotatable bonds is 7. The smallest absolute Gasteiger partial charge is 0.338 e. The van der Waals surface area contributed by atoms with E-state index in [1.807, 2.05) is 0 Å². The number of hydrazine groups is 1. The molecule has 2 N–H and O–H groups in total. The molecule has 2 aromatic carbocycles. The Morgan fingerprint density at radius 2 is 1.65 bits per heavy atom. The first-order valence-corrected chi connectivity index (χ1v) is 9.32. The van der Waals surface area contributed by atoms with E-state index in [1.54, 1.807) is 18.2 Å². The summed E-state index contributed by atoms with van der Waals surface area (Å²) < 4.78 is 15.3. The number of anilines is 2. The van der Waals surface area contributed by atoms with E-state index in [1.165, 1.54) is 38.5 Å². The van der Waals surface area contributed by atoms with Crippen molar-refractivity contribution in [3.8, 4) is 11.5 Å². The van der Waals surface area contributed by atoms with Gasteiger partial charge in [-0.3, -0.25) is 19.8 Å². The van der Waals surface area contributed by atoms with Gasteiger partial charge in [0, 0.05) is 36.7 Å². The topological polar surface area (TPSA) is 123 Å². The number of methoxy groups -OCH3 is 2. The summed E-state index contributed by atoms with van der Waals surface area (Å²) in [4.78, 5) is 47.7. The van der Waals surface area contributed by atoms with Gasteiger partial charge in [0.2, 0.25) is 11.8 Å². The zero-order valence-corrected chi connectivity index (χ0v) is 17.0. The van der Waals surface area contributed by atoms with Gasteiger partial charge in [-0.25, -0.2) is 9.80 Å². The Morgan fingerprint density at radius 1 is 1.00 bits per heavy atom. The van der Waals surface area contributed by atoms with E-state index >= 15 is 0 Å². The summed E-state index contributed by atoms with van der Waals surface area (Å²) in [6, 6.07) is 10.7. The molecule has 2 aromatic rings. The average Bonchev–Trinajstić information content (AvgIpc) is 2.78. The minimum absolute atomic E-state index is 0.115. The van der Waals surface area contributed by atoms with Gasteiger partial charge in [0.25, 0.3) is 5.91 Å². The van der Waals surface area contributed by atoms with Crippen molar-refractivity contribution in [2.75, 3.05) is 31.2 Å². The van der Waals surface area contributed by atoms with Crippen LogP contribution < -0.4 is 25.2 Å². The Balaban J connectivity index is 1.56.